The van der Waals surface area contributed by atoms with E-state index in [-0.39, 0.29) is 17.7 Å². The number of rotatable bonds is 4. The van der Waals surface area contributed by atoms with E-state index in [1.807, 2.05) is 19.1 Å². The summed E-state index contributed by atoms with van der Waals surface area (Å²) in [6, 6.07) is 5.50. The fourth-order valence-electron chi connectivity index (χ4n) is 1.35. The van der Waals surface area contributed by atoms with E-state index in [9.17, 15) is 4.79 Å². The first-order valence-electron chi connectivity index (χ1n) is 5.47. The van der Waals surface area contributed by atoms with Gasteiger partial charge in [-0.05, 0) is 40.5 Å². The van der Waals surface area contributed by atoms with Gasteiger partial charge < -0.3 is 16.3 Å². The van der Waals surface area contributed by atoms with Gasteiger partial charge in [-0.1, -0.05) is 18.1 Å². The monoisotopic (exact) mass is 313 g/mol. The van der Waals surface area contributed by atoms with Crippen LogP contribution in [0.4, 0.5) is 0 Å². The molecule has 0 aliphatic carbocycles. The van der Waals surface area contributed by atoms with Crippen molar-refractivity contribution in [3.63, 3.8) is 0 Å². The highest BCUT2D eigenvalue weighted by atomic mass is 79.9. The van der Waals surface area contributed by atoms with Crippen LogP contribution in [0, 0.1) is 12.8 Å². The average molecular weight is 314 g/mol. The Balaban J connectivity index is 2.66. The second-order valence-electron chi connectivity index (χ2n) is 4.12. The first-order valence-corrected chi connectivity index (χ1v) is 6.26. The molecule has 0 aromatic heterocycles. The van der Waals surface area contributed by atoms with Gasteiger partial charge in [-0.25, -0.2) is 0 Å². The Bertz CT molecular complexity index is 474. The first-order chi connectivity index (χ1) is 8.45. The predicted octanol–water partition coefficient (Wildman–Crippen LogP) is 1.87. The third kappa shape index (κ3) is 3.73. The highest BCUT2D eigenvalue weighted by molar-refractivity contribution is 9.10. The molecule has 18 heavy (non-hydrogen) atoms. The molecule has 1 rings (SSSR count). The third-order valence-electron chi connectivity index (χ3n) is 2.56. The lowest BCUT2D eigenvalue weighted by atomic mass is 10.1. The van der Waals surface area contributed by atoms with Crippen molar-refractivity contribution in [2.75, 3.05) is 6.54 Å². The molecule has 1 aromatic rings. The number of benzene rings is 1. The van der Waals surface area contributed by atoms with Crippen molar-refractivity contribution in [3.8, 4) is 0 Å². The Morgan fingerprint density at radius 2 is 2.28 bits per heavy atom. The summed E-state index contributed by atoms with van der Waals surface area (Å²) in [5.74, 6) is -0.319. The molecule has 0 saturated heterocycles. The minimum atomic E-state index is -0.219. The summed E-state index contributed by atoms with van der Waals surface area (Å²) in [5, 5.41) is 14.1. The van der Waals surface area contributed by atoms with Gasteiger partial charge in [-0.2, -0.15) is 0 Å². The Kier molecular flexibility index (Phi) is 5.15. The van der Waals surface area contributed by atoms with Gasteiger partial charge in [0.25, 0.3) is 5.91 Å². The van der Waals surface area contributed by atoms with Crippen LogP contribution < -0.4 is 11.1 Å². The molecule has 1 atom stereocenters. The van der Waals surface area contributed by atoms with Crippen LogP contribution in [0.15, 0.2) is 27.8 Å². The zero-order chi connectivity index (χ0) is 13.7. The summed E-state index contributed by atoms with van der Waals surface area (Å²) in [5.41, 5.74) is 7.07. The van der Waals surface area contributed by atoms with E-state index >= 15 is 0 Å². The van der Waals surface area contributed by atoms with E-state index in [1.54, 1.807) is 13.0 Å². The Labute approximate surface area is 114 Å². The largest absolute Gasteiger partial charge is 0.409 e. The van der Waals surface area contributed by atoms with Gasteiger partial charge in [0.05, 0.1) is 5.56 Å². The number of nitrogens with zero attached hydrogens (tertiary/aromatic N) is 1. The number of amidine groups is 1. The fourth-order valence-corrected chi connectivity index (χ4v) is 2.02. The highest BCUT2D eigenvalue weighted by Gasteiger charge is 2.13. The van der Waals surface area contributed by atoms with Crippen molar-refractivity contribution >= 4 is 27.7 Å². The maximum atomic E-state index is 11.9. The number of carbonyl (C=O) groups excluding carboxylic acids is 1. The molecule has 0 radical (unpaired) electrons. The van der Waals surface area contributed by atoms with Crippen LogP contribution in [0.5, 0.6) is 0 Å². The van der Waals surface area contributed by atoms with Crippen molar-refractivity contribution in [3.05, 3.63) is 33.8 Å². The quantitative estimate of drug-likeness (QED) is 0.343. The number of hydrogen-bond donors (Lipinski definition) is 3. The minimum absolute atomic E-state index is 0.0956. The maximum Gasteiger partial charge on any atom is 0.252 e. The second-order valence-corrected chi connectivity index (χ2v) is 4.97. The zero-order valence-electron chi connectivity index (χ0n) is 10.3. The van der Waals surface area contributed by atoms with Crippen molar-refractivity contribution in [2.24, 2.45) is 16.8 Å². The summed E-state index contributed by atoms with van der Waals surface area (Å²) in [6.07, 6.45) is 0. The van der Waals surface area contributed by atoms with E-state index in [2.05, 4.69) is 26.4 Å². The molecular formula is C12H16BrN3O2. The molecule has 0 saturated carbocycles. The maximum absolute atomic E-state index is 11.9. The number of hydrogen-bond acceptors (Lipinski definition) is 3. The van der Waals surface area contributed by atoms with Gasteiger partial charge in [0.1, 0.15) is 5.84 Å². The molecule has 0 spiro atoms. The number of aryl methyl sites for hydroxylation is 1. The van der Waals surface area contributed by atoms with Crippen LogP contribution in [0.1, 0.15) is 22.8 Å². The Morgan fingerprint density at radius 3 is 2.83 bits per heavy atom. The Hall–Kier alpha value is -1.56. The lowest BCUT2D eigenvalue weighted by Crippen LogP contribution is -2.34. The molecule has 1 unspecified atom stereocenters. The molecule has 98 valence electrons. The number of amides is 1. The molecule has 0 bridgehead atoms. The van der Waals surface area contributed by atoms with Crippen molar-refractivity contribution < 1.29 is 10.0 Å². The molecule has 0 aliphatic rings. The summed E-state index contributed by atoms with van der Waals surface area (Å²) < 4.78 is 0.747. The van der Waals surface area contributed by atoms with Crippen molar-refractivity contribution in [1.29, 1.82) is 0 Å². The normalized spacial score (nSPS) is 13.2. The van der Waals surface area contributed by atoms with Gasteiger partial charge in [-0.3, -0.25) is 4.79 Å². The highest BCUT2D eigenvalue weighted by Crippen LogP contribution is 2.18. The molecule has 6 heteroatoms. The molecule has 1 aromatic carbocycles. The van der Waals surface area contributed by atoms with Crippen LogP contribution >= 0.6 is 15.9 Å². The molecule has 0 fully saturated rings. The van der Waals surface area contributed by atoms with Gasteiger partial charge in [0.2, 0.25) is 0 Å². The average Bonchev–Trinajstić information content (AvgIpc) is 2.34. The van der Waals surface area contributed by atoms with E-state index in [1.165, 1.54) is 0 Å². The van der Waals surface area contributed by atoms with E-state index in [4.69, 9.17) is 10.9 Å². The third-order valence-corrected chi connectivity index (χ3v) is 3.21. The molecule has 0 aliphatic heterocycles. The topological polar surface area (TPSA) is 87.7 Å². The summed E-state index contributed by atoms with van der Waals surface area (Å²) in [7, 11) is 0. The second kappa shape index (κ2) is 6.39. The SMILES string of the molecule is Cc1ccc(C(=O)NCC(C)/C(N)=N/O)c(Br)c1. The van der Waals surface area contributed by atoms with Crippen molar-refractivity contribution in [1.82, 2.24) is 5.32 Å². The van der Waals surface area contributed by atoms with Crippen LogP contribution in [0.2, 0.25) is 0 Å². The smallest absolute Gasteiger partial charge is 0.252 e. The van der Waals surface area contributed by atoms with Gasteiger partial charge in [-0.15, -0.1) is 0 Å². The zero-order valence-corrected chi connectivity index (χ0v) is 11.9. The summed E-state index contributed by atoms with van der Waals surface area (Å²) >= 11 is 3.35. The van der Waals surface area contributed by atoms with Crippen LogP contribution in [-0.2, 0) is 0 Å². The van der Waals surface area contributed by atoms with Gasteiger partial charge >= 0.3 is 0 Å². The van der Waals surface area contributed by atoms with E-state index in [0.717, 1.165) is 10.0 Å². The number of halogens is 1. The molecular weight excluding hydrogens is 298 g/mol. The number of nitrogens with two attached hydrogens (primary N) is 1. The van der Waals surface area contributed by atoms with Crippen molar-refractivity contribution in [2.45, 2.75) is 13.8 Å². The lowest BCUT2D eigenvalue weighted by Gasteiger charge is -2.12. The molecule has 1 amide bonds. The standard InChI is InChI=1S/C12H16BrN3O2/c1-7-3-4-9(10(13)5-7)12(17)15-6-8(2)11(14)16-18/h3-5,8,18H,6H2,1-2H3,(H2,14,16)(H,15,17). The van der Waals surface area contributed by atoms with Gasteiger partial charge in [0.15, 0.2) is 0 Å². The predicted molar refractivity (Wildman–Crippen MR) is 73.8 cm³/mol. The van der Waals surface area contributed by atoms with E-state index in [0.29, 0.717) is 12.1 Å². The molecule has 5 nitrogen and oxygen atoms in total. The molecule has 4 N–H and O–H groups in total. The summed E-state index contributed by atoms with van der Waals surface area (Å²) in [4.78, 5) is 11.9. The Morgan fingerprint density at radius 1 is 1.61 bits per heavy atom. The van der Waals surface area contributed by atoms with Crippen LogP contribution in [0.25, 0.3) is 0 Å². The van der Waals surface area contributed by atoms with Gasteiger partial charge in [0, 0.05) is 16.9 Å². The number of oxime groups is 1. The van der Waals surface area contributed by atoms with E-state index < -0.39 is 0 Å². The fraction of sp³-hybridized carbons (Fsp3) is 0.333. The number of carbonyl (C=O) groups is 1. The molecule has 0 heterocycles. The van der Waals surface area contributed by atoms with Crippen LogP contribution in [0.3, 0.4) is 0 Å². The summed E-state index contributed by atoms with van der Waals surface area (Å²) in [6.45, 7) is 4.03. The first kappa shape index (κ1) is 14.5. The number of nitrogens with one attached hydrogen (secondary N) is 1. The minimum Gasteiger partial charge on any atom is -0.409 e. The van der Waals surface area contributed by atoms with Crippen LogP contribution in [-0.4, -0.2) is 23.5 Å². The lowest BCUT2D eigenvalue weighted by molar-refractivity contribution is 0.0950.